The van der Waals surface area contributed by atoms with Crippen LogP contribution in [0.25, 0.3) is 0 Å². The third-order valence-corrected chi connectivity index (χ3v) is 3.97. The fourth-order valence-corrected chi connectivity index (χ4v) is 2.88. The van der Waals surface area contributed by atoms with Crippen molar-refractivity contribution >= 4 is 23.2 Å². The molecule has 0 radical (unpaired) electrons. The molecule has 4 heteroatoms. The molecule has 2 rings (SSSR count). The van der Waals surface area contributed by atoms with Gasteiger partial charge in [-0.15, -0.1) is 0 Å². The van der Waals surface area contributed by atoms with Gasteiger partial charge in [-0.25, -0.2) is 0 Å². The van der Waals surface area contributed by atoms with Crippen LogP contribution in [0.1, 0.15) is 22.3 Å². The summed E-state index contributed by atoms with van der Waals surface area (Å²) in [5.41, 5.74) is 5.44. The van der Waals surface area contributed by atoms with Crippen LogP contribution in [0.2, 0.25) is 5.02 Å². The summed E-state index contributed by atoms with van der Waals surface area (Å²) in [7, 11) is 1.93. The van der Waals surface area contributed by atoms with Crippen molar-refractivity contribution in [3.8, 4) is 0 Å². The van der Waals surface area contributed by atoms with Crippen molar-refractivity contribution in [2.45, 2.75) is 27.3 Å². The minimum absolute atomic E-state index is 0.00323. The molecule has 0 bridgehead atoms. The highest BCUT2D eigenvalue weighted by atomic mass is 35.5. The molecule has 0 saturated heterocycles. The maximum atomic E-state index is 12.3. The summed E-state index contributed by atoms with van der Waals surface area (Å²) in [5.74, 6) is -0.00323. The van der Waals surface area contributed by atoms with Gasteiger partial charge in [-0.1, -0.05) is 41.4 Å². The Morgan fingerprint density at radius 1 is 1.09 bits per heavy atom. The summed E-state index contributed by atoms with van der Waals surface area (Å²) in [6.45, 7) is 7.15. The molecule has 0 unspecified atom stereocenters. The molecule has 2 aromatic carbocycles. The molecule has 0 saturated carbocycles. The minimum Gasteiger partial charge on any atom is -0.324 e. The van der Waals surface area contributed by atoms with E-state index in [2.05, 4.69) is 24.4 Å². The molecule has 0 spiro atoms. The number of carbonyl (C=O) groups excluding carboxylic acids is 1. The van der Waals surface area contributed by atoms with Gasteiger partial charge in [0.25, 0.3) is 0 Å². The third-order valence-electron chi connectivity index (χ3n) is 3.72. The molecule has 0 aromatic heterocycles. The number of hydrogen-bond donors (Lipinski definition) is 1. The zero-order valence-corrected chi connectivity index (χ0v) is 14.9. The molecule has 0 aliphatic carbocycles. The van der Waals surface area contributed by atoms with Crippen LogP contribution in [-0.2, 0) is 11.3 Å². The molecule has 3 nitrogen and oxygen atoms in total. The highest BCUT2D eigenvalue weighted by Gasteiger charge is 2.11. The maximum Gasteiger partial charge on any atom is 0.238 e. The first-order valence-electron chi connectivity index (χ1n) is 7.66. The van der Waals surface area contributed by atoms with E-state index < -0.39 is 0 Å². The van der Waals surface area contributed by atoms with Crippen molar-refractivity contribution in [2.24, 2.45) is 0 Å². The van der Waals surface area contributed by atoms with Gasteiger partial charge < -0.3 is 5.32 Å². The predicted molar refractivity (Wildman–Crippen MR) is 97.1 cm³/mol. The van der Waals surface area contributed by atoms with Crippen molar-refractivity contribution in [2.75, 3.05) is 18.9 Å². The van der Waals surface area contributed by atoms with Crippen LogP contribution in [0.15, 0.2) is 36.4 Å². The number of anilines is 1. The standard InChI is InChI=1S/C19H23ClN2O/c1-13-9-14(2)19(15(3)10-13)21-18(23)12-22(4)11-16-5-7-17(20)8-6-16/h5-10H,11-12H2,1-4H3,(H,21,23). The van der Waals surface area contributed by atoms with Gasteiger partial charge in [-0.2, -0.15) is 0 Å². The average molecular weight is 331 g/mol. The van der Waals surface area contributed by atoms with Crippen LogP contribution in [-0.4, -0.2) is 24.4 Å². The fraction of sp³-hybridized carbons (Fsp3) is 0.316. The Morgan fingerprint density at radius 3 is 2.22 bits per heavy atom. The number of likely N-dealkylation sites (N-methyl/N-ethyl adjacent to an activating group) is 1. The summed E-state index contributed by atoms with van der Waals surface area (Å²) in [6.07, 6.45) is 0. The Kier molecular flexibility index (Phi) is 5.80. The molecule has 0 aliphatic rings. The van der Waals surface area contributed by atoms with E-state index in [-0.39, 0.29) is 5.91 Å². The Morgan fingerprint density at radius 2 is 1.65 bits per heavy atom. The second-order valence-corrected chi connectivity index (χ2v) is 6.56. The monoisotopic (exact) mass is 330 g/mol. The zero-order chi connectivity index (χ0) is 17.0. The topological polar surface area (TPSA) is 32.3 Å². The molecule has 23 heavy (non-hydrogen) atoms. The van der Waals surface area contributed by atoms with Gasteiger partial charge in [0.15, 0.2) is 0 Å². The molecule has 0 aliphatic heterocycles. The Hall–Kier alpha value is -1.84. The van der Waals surface area contributed by atoms with E-state index in [1.165, 1.54) is 5.56 Å². The van der Waals surface area contributed by atoms with Crippen LogP contribution in [0, 0.1) is 20.8 Å². The molecular formula is C19H23ClN2O. The normalized spacial score (nSPS) is 10.9. The van der Waals surface area contributed by atoms with Gasteiger partial charge in [-0.3, -0.25) is 9.69 Å². The van der Waals surface area contributed by atoms with E-state index in [0.717, 1.165) is 27.4 Å². The van der Waals surface area contributed by atoms with Gasteiger partial charge in [0, 0.05) is 17.3 Å². The maximum absolute atomic E-state index is 12.3. The van der Waals surface area contributed by atoms with E-state index in [0.29, 0.717) is 13.1 Å². The number of carbonyl (C=O) groups is 1. The molecule has 122 valence electrons. The van der Waals surface area contributed by atoms with E-state index in [4.69, 9.17) is 11.6 Å². The van der Waals surface area contributed by atoms with Gasteiger partial charge in [-0.05, 0) is 56.6 Å². The molecule has 0 fully saturated rings. The van der Waals surface area contributed by atoms with Crippen molar-refractivity contribution in [3.05, 3.63) is 63.7 Å². The summed E-state index contributed by atoms with van der Waals surface area (Å²) in [4.78, 5) is 14.3. The molecule has 0 atom stereocenters. The molecule has 0 heterocycles. The predicted octanol–water partition coefficient (Wildman–Crippen LogP) is 4.34. The number of hydrogen-bond acceptors (Lipinski definition) is 2. The minimum atomic E-state index is -0.00323. The lowest BCUT2D eigenvalue weighted by Gasteiger charge is -2.18. The first-order valence-corrected chi connectivity index (χ1v) is 8.03. The average Bonchev–Trinajstić information content (AvgIpc) is 2.45. The molecule has 1 amide bonds. The fourth-order valence-electron chi connectivity index (χ4n) is 2.76. The SMILES string of the molecule is Cc1cc(C)c(NC(=O)CN(C)Cc2ccc(Cl)cc2)c(C)c1. The van der Waals surface area contributed by atoms with Crippen molar-refractivity contribution in [1.82, 2.24) is 4.90 Å². The Labute approximate surface area is 143 Å². The van der Waals surface area contributed by atoms with Crippen molar-refractivity contribution in [3.63, 3.8) is 0 Å². The van der Waals surface area contributed by atoms with Crippen LogP contribution in [0.5, 0.6) is 0 Å². The summed E-state index contributed by atoms with van der Waals surface area (Å²) in [6, 6.07) is 11.9. The number of nitrogens with one attached hydrogen (secondary N) is 1. The van der Waals surface area contributed by atoms with Gasteiger partial charge >= 0.3 is 0 Å². The number of rotatable bonds is 5. The highest BCUT2D eigenvalue weighted by Crippen LogP contribution is 2.21. The summed E-state index contributed by atoms with van der Waals surface area (Å²) in [5, 5.41) is 3.75. The second kappa shape index (κ2) is 7.62. The number of halogens is 1. The lowest BCUT2D eigenvalue weighted by Crippen LogP contribution is -2.30. The van der Waals surface area contributed by atoms with Crippen molar-refractivity contribution in [1.29, 1.82) is 0 Å². The van der Waals surface area contributed by atoms with E-state index >= 15 is 0 Å². The summed E-state index contributed by atoms with van der Waals surface area (Å²) < 4.78 is 0. The summed E-state index contributed by atoms with van der Waals surface area (Å²) >= 11 is 5.89. The van der Waals surface area contributed by atoms with E-state index in [9.17, 15) is 4.79 Å². The Balaban J connectivity index is 1.95. The number of aryl methyl sites for hydroxylation is 3. The van der Waals surface area contributed by atoms with Crippen LogP contribution >= 0.6 is 11.6 Å². The van der Waals surface area contributed by atoms with E-state index in [1.54, 1.807) is 0 Å². The number of nitrogens with zero attached hydrogens (tertiary/aromatic N) is 1. The second-order valence-electron chi connectivity index (χ2n) is 6.12. The smallest absolute Gasteiger partial charge is 0.238 e. The first-order chi connectivity index (χ1) is 10.8. The highest BCUT2D eigenvalue weighted by molar-refractivity contribution is 6.30. The van der Waals surface area contributed by atoms with Crippen LogP contribution in [0.4, 0.5) is 5.69 Å². The first kappa shape index (κ1) is 17.5. The number of benzene rings is 2. The zero-order valence-electron chi connectivity index (χ0n) is 14.1. The van der Waals surface area contributed by atoms with E-state index in [1.807, 2.05) is 50.1 Å². The molecule has 2 aromatic rings. The largest absolute Gasteiger partial charge is 0.324 e. The molecule has 1 N–H and O–H groups in total. The third kappa shape index (κ3) is 5.08. The van der Waals surface area contributed by atoms with Crippen molar-refractivity contribution < 1.29 is 4.79 Å². The van der Waals surface area contributed by atoms with Crippen LogP contribution in [0.3, 0.4) is 0 Å². The number of amides is 1. The Bertz CT molecular complexity index is 672. The lowest BCUT2D eigenvalue weighted by molar-refractivity contribution is -0.117. The molecular weight excluding hydrogens is 308 g/mol. The van der Waals surface area contributed by atoms with Gasteiger partial charge in [0.05, 0.1) is 6.54 Å². The van der Waals surface area contributed by atoms with Gasteiger partial charge in [0.1, 0.15) is 0 Å². The quantitative estimate of drug-likeness (QED) is 0.884. The van der Waals surface area contributed by atoms with Crippen LogP contribution < -0.4 is 5.32 Å². The lowest BCUT2D eigenvalue weighted by atomic mass is 10.1. The van der Waals surface area contributed by atoms with Gasteiger partial charge in [0.2, 0.25) is 5.91 Å².